The molecule has 0 bridgehead atoms. The van der Waals surface area contributed by atoms with Crippen LogP contribution in [-0.2, 0) is 21.3 Å². The lowest BCUT2D eigenvalue weighted by atomic mass is 10.3. The molecule has 1 rings (SSSR count). The first-order chi connectivity index (χ1) is 7.13. The lowest BCUT2D eigenvalue weighted by Gasteiger charge is -2.12. The lowest BCUT2D eigenvalue weighted by Crippen LogP contribution is -2.09. The van der Waals surface area contributed by atoms with E-state index in [9.17, 15) is 5.11 Å². The molecule has 0 saturated heterocycles. The fourth-order valence-electron chi connectivity index (χ4n) is 1.30. The quantitative estimate of drug-likeness (QED) is 0.719. The van der Waals surface area contributed by atoms with Crippen LogP contribution < -0.4 is 0 Å². The number of aromatic nitrogens is 2. The van der Waals surface area contributed by atoms with E-state index in [0.29, 0.717) is 11.4 Å². The third-order valence-corrected chi connectivity index (χ3v) is 2.08. The Hall–Kier alpha value is -0.950. The van der Waals surface area contributed by atoms with Gasteiger partial charge in [-0.1, -0.05) is 0 Å². The van der Waals surface area contributed by atoms with Gasteiger partial charge in [0.2, 0.25) is 0 Å². The van der Waals surface area contributed by atoms with Crippen molar-refractivity contribution in [2.75, 3.05) is 21.3 Å². The molecule has 1 heterocycles. The minimum absolute atomic E-state index is 0.425. The van der Waals surface area contributed by atoms with Gasteiger partial charge in [0.05, 0.1) is 5.69 Å². The number of aryl methyl sites for hydroxylation is 1. The molecule has 0 aliphatic rings. The van der Waals surface area contributed by atoms with Crippen molar-refractivity contribution in [3.05, 3.63) is 17.5 Å². The maximum atomic E-state index is 9.41. The number of aliphatic hydroxyl groups excluding tert-OH is 1. The molecule has 1 aromatic rings. The largest absolute Gasteiger partial charge is 0.363 e. The molecular formula is C9H16N2O4. The summed E-state index contributed by atoms with van der Waals surface area (Å²) in [6.07, 6.45) is -1.53. The van der Waals surface area contributed by atoms with Gasteiger partial charge in [0, 0.05) is 28.4 Å². The Morgan fingerprint density at radius 2 is 1.87 bits per heavy atom. The summed E-state index contributed by atoms with van der Waals surface area (Å²) < 4.78 is 16.5. The summed E-state index contributed by atoms with van der Waals surface area (Å²) >= 11 is 0. The molecule has 1 atom stereocenters. The zero-order valence-electron chi connectivity index (χ0n) is 9.30. The molecule has 86 valence electrons. The first-order valence-electron chi connectivity index (χ1n) is 4.44. The maximum absolute atomic E-state index is 9.41. The first kappa shape index (κ1) is 12.1. The van der Waals surface area contributed by atoms with E-state index < -0.39 is 12.6 Å². The second kappa shape index (κ2) is 5.22. The summed E-state index contributed by atoms with van der Waals surface area (Å²) in [5.74, 6) is 0. The minimum atomic E-state index is -1.03. The molecule has 15 heavy (non-hydrogen) atoms. The third-order valence-electron chi connectivity index (χ3n) is 2.08. The number of ether oxygens (including phenoxy) is 3. The van der Waals surface area contributed by atoms with Crippen LogP contribution in [0, 0.1) is 0 Å². The molecule has 0 spiro atoms. The normalized spacial score (nSPS) is 13.5. The number of hydrogen-bond acceptors (Lipinski definition) is 5. The van der Waals surface area contributed by atoms with Gasteiger partial charge in [-0.15, -0.1) is 0 Å². The van der Waals surface area contributed by atoms with Crippen LogP contribution in [0.25, 0.3) is 0 Å². The molecular weight excluding hydrogens is 200 g/mol. The molecule has 6 heteroatoms. The van der Waals surface area contributed by atoms with Gasteiger partial charge in [0.1, 0.15) is 5.69 Å². The van der Waals surface area contributed by atoms with Gasteiger partial charge < -0.3 is 19.3 Å². The molecule has 0 aliphatic carbocycles. The molecule has 0 saturated carbocycles. The average Bonchev–Trinajstić information content (AvgIpc) is 2.62. The molecule has 0 amide bonds. The first-order valence-corrected chi connectivity index (χ1v) is 4.44. The van der Waals surface area contributed by atoms with Crippen LogP contribution in [0.5, 0.6) is 0 Å². The van der Waals surface area contributed by atoms with Gasteiger partial charge in [0.15, 0.2) is 12.6 Å². The van der Waals surface area contributed by atoms with E-state index in [1.165, 1.54) is 21.3 Å². The van der Waals surface area contributed by atoms with Gasteiger partial charge in [-0.2, -0.15) is 5.10 Å². The standard InChI is InChI=1S/C9H16N2O4/c1-11-7(9(14-3)15-4)5-6(10-11)8(12)13-2/h5,8-9,12H,1-4H3. The molecule has 6 nitrogen and oxygen atoms in total. The maximum Gasteiger partial charge on any atom is 0.200 e. The third kappa shape index (κ3) is 2.54. The van der Waals surface area contributed by atoms with Crippen molar-refractivity contribution in [2.45, 2.75) is 12.6 Å². The molecule has 0 radical (unpaired) electrons. The van der Waals surface area contributed by atoms with Crippen molar-refractivity contribution in [2.24, 2.45) is 7.05 Å². The Labute approximate surface area is 88.4 Å². The second-order valence-corrected chi connectivity index (χ2v) is 3.01. The van der Waals surface area contributed by atoms with Crippen molar-refractivity contribution in [3.63, 3.8) is 0 Å². The van der Waals surface area contributed by atoms with Crippen LogP contribution in [0.3, 0.4) is 0 Å². The summed E-state index contributed by atoms with van der Waals surface area (Å²) in [4.78, 5) is 0. The molecule has 0 aliphatic heterocycles. The Kier molecular flexibility index (Phi) is 4.22. The smallest absolute Gasteiger partial charge is 0.200 e. The number of rotatable bonds is 5. The van der Waals surface area contributed by atoms with Crippen molar-refractivity contribution in [1.82, 2.24) is 9.78 Å². The molecule has 0 aromatic carbocycles. The number of nitrogens with zero attached hydrogens (tertiary/aromatic N) is 2. The van der Waals surface area contributed by atoms with Crippen molar-refractivity contribution in [1.29, 1.82) is 0 Å². The van der Waals surface area contributed by atoms with Crippen LogP contribution in [0.15, 0.2) is 6.07 Å². The highest BCUT2D eigenvalue weighted by atomic mass is 16.7. The highest BCUT2D eigenvalue weighted by Crippen LogP contribution is 2.20. The molecule has 0 fully saturated rings. The summed E-state index contributed by atoms with van der Waals surface area (Å²) in [6, 6.07) is 1.67. The summed E-state index contributed by atoms with van der Waals surface area (Å²) in [5.41, 5.74) is 1.14. The van der Waals surface area contributed by atoms with E-state index in [0.717, 1.165) is 0 Å². The minimum Gasteiger partial charge on any atom is -0.363 e. The Bertz CT molecular complexity index is 309. The van der Waals surface area contributed by atoms with Crippen molar-refractivity contribution < 1.29 is 19.3 Å². The Morgan fingerprint density at radius 1 is 1.27 bits per heavy atom. The van der Waals surface area contributed by atoms with Gasteiger partial charge in [0.25, 0.3) is 0 Å². The summed E-state index contributed by atoms with van der Waals surface area (Å²) in [6.45, 7) is 0. The summed E-state index contributed by atoms with van der Waals surface area (Å²) in [5, 5.41) is 13.5. The van der Waals surface area contributed by atoms with Gasteiger partial charge in [-0.3, -0.25) is 4.68 Å². The van der Waals surface area contributed by atoms with Gasteiger partial charge in [-0.05, 0) is 6.07 Å². The zero-order chi connectivity index (χ0) is 11.4. The number of hydrogen-bond donors (Lipinski definition) is 1. The van der Waals surface area contributed by atoms with Crippen LogP contribution in [0.2, 0.25) is 0 Å². The number of aliphatic hydroxyl groups is 1. The van der Waals surface area contributed by atoms with Crippen LogP contribution >= 0.6 is 0 Å². The molecule has 1 unspecified atom stereocenters. The van der Waals surface area contributed by atoms with Crippen LogP contribution in [0.4, 0.5) is 0 Å². The van der Waals surface area contributed by atoms with Gasteiger partial charge >= 0.3 is 0 Å². The Morgan fingerprint density at radius 3 is 2.33 bits per heavy atom. The molecule has 1 aromatic heterocycles. The number of methoxy groups -OCH3 is 3. The Balaban J connectivity index is 2.94. The lowest BCUT2D eigenvalue weighted by molar-refractivity contribution is -0.110. The SMILES string of the molecule is COC(O)c1cc(C(OC)OC)n(C)n1. The predicted molar refractivity (Wildman–Crippen MR) is 51.9 cm³/mol. The van der Waals surface area contributed by atoms with E-state index in [1.807, 2.05) is 0 Å². The predicted octanol–water partition coefficient (Wildman–Crippen LogP) is 0.349. The summed E-state index contributed by atoms with van der Waals surface area (Å²) in [7, 11) is 6.22. The highest BCUT2D eigenvalue weighted by molar-refractivity contribution is 5.12. The van der Waals surface area contributed by atoms with E-state index in [-0.39, 0.29) is 0 Å². The van der Waals surface area contributed by atoms with Crippen molar-refractivity contribution >= 4 is 0 Å². The second-order valence-electron chi connectivity index (χ2n) is 3.01. The van der Waals surface area contributed by atoms with Crippen molar-refractivity contribution in [3.8, 4) is 0 Å². The molecule has 1 N–H and O–H groups in total. The topological polar surface area (TPSA) is 65.7 Å². The highest BCUT2D eigenvalue weighted by Gasteiger charge is 2.18. The van der Waals surface area contributed by atoms with E-state index in [1.54, 1.807) is 17.8 Å². The fourth-order valence-corrected chi connectivity index (χ4v) is 1.30. The van der Waals surface area contributed by atoms with E-state index in [2.05, 4.69) is 5.10 Å². The van der Waals surface area contributed by atoms with E-state index >= 15 is 0 Å². The zero-order valence-corrected chi connectivity index (χ0v) is 9.30. The van der Waals surface area contributed by atoms with Gasteiger partial charge in [-0.25, -0.2) is 0 Å². The van der Waals surface area contributed by atoms with Crippen LogP contribution in [0.1, 0.15) is 24.0 Å². The monoisotopic (exact) mass is 216 g/mol. The fraction of sp³-hybridized carbons (Fsp3) is 0.667. The van der Waals surface area contributed by atoms with Crippen LogP contribution in [-0.4, -0.2) is 36.2 Å². The average molecular weight is 216 g/mol. The van der Waals surface area contributed by atoms with E-state index in [4.69, 9.17) is 14.2 Å².